The zero-order valence-corrected chi connectivity index (χ0v) is 17.6. The van der Waals surface area contributed by atoms with Crippen LogP contribution in [0, 0.1) is 0 Å². The van der Waals surface area contributed by atoms with E-state index in [1.54, 1.807) is 0 Å². The van der Waals surface area contributed by atoms with Crippen molar-refractivity contribution in [2.45, 2.75) is 37.6 Å². The van der Waals surface area contributed by atoms with Gasteiger partial charge < -0.3 is 15.0 Å². The highest BCUT2D eigenvalue weighted by Gasteiger charge is 2.42. The van der Waals surface area contributed by atoms with E-state index < -0.39 is 5.41 Å². The van der Waals surface area contributed by atoms with E-state index in [4.69, 9.17) is 4.74 Å². The van der Waals surface area contributed by atoms with E-state index in [0.717, 1.165) is 73.4 Å². The lowest BCUT2D eigenvalue weighted by molar-refractivity contribution is -0.126. The van der Waals surface area contributed by atoms with E-state index >= 15 is 0 Å². The maximum atomic E-state index is 13.2. The highest BCUT2D eigenvalue weighted by atomic mass is 79.9. The van der Waals surface area contributed by atoms with Crippen LogP contribution in [0.15, 0.2) is 47.1 Å². The summed E-state index contributed by atoms with van der Waals surface area (Å²) < 4.78 is 6.46. The number of ether oxygens (including phenoxy) is 1. The van der Waals surface area contributed by atoms with E-state index in [2.05, 4.69) is 49.3 Å². The largest absolute Gasteiger partial charge is 0.378 e. The van der Waals surface area contributed by atoms with Gasteiger partial charge in [0.15, 0.2) is 0 Å². The Labute approximate surface area is 174 Å². The smallest absolute Gasteiger partial charge is 0.230 e. The molecule has 2 aromatic rings. The van der Waals surface area contributed by atoms with Crippen LogP contribution in [-0.4, -0.2) is 37.2 Å². The lowest BCUT2D eigenvalue weighted by Gasteiger charge is -2.29. The van der Waals surface area contributed by atoms with Crippen molar-refractivity contribution in [2.75, 3.05) is 31.2 Å². The molecule has 0 bridgehead atoms. The molecule has 0 spiro atoms. The van der Waals surface area contributed by atoms with Gasteiger partial charge >= 0.3 is 0 Å². The molecule has 5 nitrogen and oxygen atoms in total. The first-order valence-electron chi connectivity index (χ1n) is 9.99. The highest BCUT2D eigenvalue weighted by Crippen LogP contribution is 2.41. The molecule has 0 radical (unpaired) electrons. The van der Waals surface area contributed by atoms with Crippen LogP contribution in [0.2, 0.25) is 0 Å². The lowest BCUT2D eigenvalue weighted by Crippen LogP contribution is -2.42. The molecule has 1 aliphatic carbocycles. The standard InChI is InChI=1S/C22H26BrN3O2/c23-19-5-3-18(4-6-19)22(8-1-2-9-22)21(27)25-16-17-7-10-24-20(15-17)26-11-13-28-14-12-26/h3-7,10,15H,1-2,8-9,11-14,16H2,(H,25,27). The molecule has 6 heteroatoms. The summed E-state index contributed by atoms with van der Waals surface area (Å²) in [5.74, 6) is 1.09. The summed E-state index contributed by atoms with van der Waals surface area (Å²) in [5.41, 5.74) is 1.80. The van der Waals surface area contributed by atoms with Crippen molar-refractivity contribution in [3.63, 3.8) is 0 Å². The van der Waals surface area contributed by atoms with Crippen LogP contribution in [0.4, 0.5) is 5.82 Å². The predicted molar refractivity (Wildman–Crippen MR) is 113 cm³/mol. The van der Waals surface area contributed by atoms with E-state index in [9.17, 15) is 4.79 Å². The minimum absolute atomic E-state index is 0.136. The third-order valence-electron chi connectivity index (χ3n) is 5.89. The summed E-state index contributed by atoms with van der Waals surface area (Å²) in [7, 11) is 0. The summed E-state index contributed by atoms with van der Waals surface area (Å²) in [6.45, 7) is 3.71. The Bertz CT molecular complexity index is 813. The molecule has 148 valence electrons. The van der Waals surface area contributed by atoms with Crippen molar-refractivity contribution < 1.29 is 9.53 Å². The average Bonchev–Trinajstić information content (AvgIpc) is 3.25. The summed E-state index contributed by atoms with van der Waals surface area (Å²) in [5, 5.41) is 3.20. The van der Waals surface area contributed by atoms with Crippen LogP contribution in [0.1, 0.15) is 36.8 Å². The number of anilines is 1. The van der Waals surface area contributed by atoms with E-state index in [-0.39, 0.29) is 5.91 Å². The normalized spacial score (nSPS) is 18.8. The molecular weight excluding hydrogens is 418 g/mol. The molecule has 0 unspecified atom stereocenters. The molecule has 2 heterocycles. The molecule has 1 saturated heterocycles. The second-order valence-corrected chi connectivity index (χ2v) is 8.52. The maximum absolute atomic E-state index is 13.2. The Balaban J connectivity index is 1.46. The van der Waals surface area contributed by atoms with Gasteiger partial charge in [-0.05, 0) is 48.2 Å². The number of aromatic nitrogens is 1. The van der Waals surface area contributed by atoms with Crippen LogP contribution in [0.5, 0.6) is 0 Å². The Morgan fingerprint density at radius 3 is 2.57 bits per heavy atom. The third-order valence-corrected chi connectivity index (χ3v) is 6.42. The molecule has 0 atom stereocenters. The SMILES string of the molecule is O=C(NCc1ccnc(N2CCOCC2)c1)C1(c2ccc(Br)cc2)CCCC1. The first-order chi connectivity index (χ1) is 13.7. The second kappa shape index (κ2) is 8.62. The first kappa shape index (κ1) is 19.4. The number of hydrogen-bond donors (Lipinski definition) is 1. The van der Waals surface area contributed by atoms with Crippen molar-refractivity contribution in [1.82, 2.24) is 10.3 Å². The van der Waals surface area contributed by atoms with Gasteiger partial charge in [0.1, 0.15) is 5.82 Å². The molecule has 2 fully saturated rings. The number of nitrogens with one attached hydrogen (secondary N) is 1. The molecule has 1 saturated carbocycles. The van der Waals surface area contributed by atoms with E-state index in [0.29, 0.717) is 6.54 Å². The summed E-state index contributed by atoms with van der Waals surface area (Å²) in [4.78, 5) is 20.0. The average molecular weight is 444 g/mol. The monoisotopic (exact) mass is 443 g/mol. The molecule has 1 aromatic carbocycles. The highest BCUT2D eigenvalue weighted by molar-refractivity contribution is 9.10. The first-order valence-corrected chi connectivity index (χ1v) is 10.8. The van der Waals surface area contributed by atoms with Gasteiger partial charge in [-0.1, -0.05) is 40.9 Å². The number of carbonyl (C=O) groups is 1. The molecule has 1 amide bonds. The maximum Gasteiger partial charge on any atom is 0.230 e. The zero-order valence-electron chi connectivity index (χ0n) is 16.0. The Morgan fingerprint density at radius 2 is 1.86 bits per heavy atom. The molecule has 28 heavy (non-hydrogen) atoms. The van der Waals surface area contributed by atoms with Crippen LogP contribution < -0.4 is 10.2 Å². The summed E-state index contributed by atoms with van der Waals surface area (Å²) in [6, 6.07) is 12.3. The van der Waals surface area contributed by atoms with Gasteiger partial charge in [0.25, 0.3) is 0 Å². The number of rotatable bonds is 5. The number of pyridine rings is 1. The van der Waals surface area contributed by atoms with Crippen molar-refractivity contribution in [2.24, 2.45) is 0 Å². The number of halogens is 1. The van der Waals surface area contributed by atoms with Crippen molar-refractivity contribution in [3.8, 4) is 0 Å². The van der Waals surface area contributed by atoms with Gasteiger partial charge in [-0.3, -0.25) is 4.79 Å². The number of amides is 1. The number of benzene rings is 1. The van der Waals surface area contributed by atoms with Gasteiger partial charge in [-0.15, -0.1) is 0 Å². The minimum Gasteiger partial charge on any atom is -0.378 e. The summed E-state index contributed by atoms with van der Waals surface area (Å²) in [6.07, 6.45) is 5.85. The molecule has 2 aliphatic rings. The molecule has 1 aromatic heterocycles. The van der Waals surface area contributed by atoms with Gasteiger partial charge in [0.2, 0.25) is 5.91 Å². The fourth-order valence-corrected chi connectivity index (χ4v) is 4.55. The molecule has 1 aliphatic heterocycles. The van der Waals surface area contributed by atoms with Crippen molar-refractivity contribution in [1.29, 1.82) is 0 Å². The van der Waals surface area contributed by atoms with Crippen molar-refractivity contribution >= 4 is 27.7 Å². The van der Waals surface area contributed by atoms with Crippen LogP contribution in [0.25, 0.3) is 0 Å². The zero-order chi connectivity index (χ0) is 19.4. The Kier molecular flexibility index (Phi) is 5.97. The fourth-order valence-electron chi connectivity index (χ4n) is 4.28. The van der Waals surface area contributed by atoms with E-state index in [1.165, 1.54) is 0 Å². The minimum atomic E-state index is -0.402. The van der Waals surface area contributed by atoms with Gasteiger partial charge in [-0.25, -0.2) is 4.98 Å². The van der Waals surface area contributed by atoms with Gasteiger partial charge in [0, 0.05) is 30.3 Å². The fraction of sp³-hybridized carbons (Fsp3) is 0.455. The molecule has 1 N–H and O–H groups in total. The van der Waals surface area contributed by atoms with Gasteiger partial charge in [-0.2, -0.15) is 0 Å². The Hall–Kier alpha value is -1.92. The summed E-state index contributed by atoms with van der Waals surface area (Å²) >= 11 is 3.49. The lowest BCUT2D eigenvalue weighted by atomic mass is 9.78. The van der Waals surface area contributed by atoms with Crippen LogP contribution in [-0.2, 0) is 21.5 Å². The molecular formula is C22H26BrN3O2. The Morgan fingerprint density at radius 1 is 1.14 bits per heavy atom. The number of hydrogen-bond acceptors (Lipinski definition) is 4. The number of carbonyl (C=O) groups excluding carboxylic acids is 1. The van der Waals surface area contributed by atoms with Crippen LogP contribution >= 0.6 is 15.9 Å². The molecule has 4 rings (SSSR count). The predicted octanol–water partition coefficient (Wildman–Crippen LogP) is 3.81. The number of morpholine rings is 1. The van der Waals surface area contributed by atoms with Crippen molar-refractivity contribution in [3.05, 3.63) is 58.2 Å². The topological polar surface area (TPSA) is 54.5 Å². The quantitative estimate of drug-likeness (QED) is 0.762. The number of nitrogens with zero attached hydrogens (tertiary/aromatic N) is 2. The third kappa shape index (κ3) is 4.08. The van der Waals surface area contributed by atoms with E-state index in [1.807, 2.05) is 24.4 Å². The van der Waals surface area contributed by atoms with Gasteiger partial charge in [0.05, 0.1) is 18.6 Å². The second-order valence-electron chi connectivity index (χ2n) is 7.60. The van der Waals surface area contributed by atoms with Crippen LogP contribution in [0.3, 0.4) is 0 Å².